The first kappa shape index (κ1) is 20.9. The maximum Gasteiger partial charge on any atom is 0.261 e. The van der Waals surface area contributed by atoms with E-state index in [1.807, 2.05) is 5.32 Å². The number of ether oxygens (including phenoxy) is 1. The fourth-order valence-electron chi connectivity index (χ4n) is 1.94. The van der Waals surface area contributed by atoms with E-state index in [9.17, 15) is 22.8 Å². The van der Waals surface area contributed by atoms with E-state index in [4.69, 9.17) is 27.9 Å². The number of amides is 2. The summed E-state index contributed by atoms with van der Waals surface area (Å²) < 4.78 is 44.8. The molecule has 2 N–H and O–H groups in total. The summed E-state index contributed by atoms with van der Waals surface area (Å²) in [6, 6.07) is 5.96. The second kappa shape index (κ2) is 8.96. The van der Waals surface area contributed by atoms with E-state index in [-0.39, 0.29) is 5.02 Å². The molecular weight excluding hydrogens is 408 g/mol. The molecule has 0 bridgehead atoms. The molecule has 0 spiro atoms. The van der Waals surface area contributed by atoms with E-state index < -0.39 is 47.6 Å². The van der Waals surface area contributed by atoms with Gasteiger partial charge in [-0.2, -0.15) is 0 Å². The normalized spacial score (nSPS) is 11.6. The largest absolute Gasteiger partial charge is 0.481 e. The molecule has 2 amide bonds. The van der Waals surface area contributed by atoms with Gasteiger partial charge in [0.1, 0.15) is 5.75 Å². The number of hydrogen-bond donors (Lipinski definition) is 2. The Morgan fingerprint density at radius 3 is 2.44 bits per heavy atom. The molecule has 1 atom stereocenters. The summed E-state index contributed by atoms with van der Waals surface area (Å²) in [5.41, 5.74) is -0.548. The maximum absolute atomic E-state index is 13.5. The lowest BCUT2D eigenvalue weighted by Crippen LogP contribution is -2.40. The molecule has 2 aromatic rings. The van der Waals surface area contributed by atoms with Gasteiger partial charge in [0.25, 0.3) is 5.91 Å². The van der Waals surface area contributed by atoms with Crippen LogP contribution in [0.2, 0.25) is 10.0 Å². The predicted molar refractivity (Wildman–Crippen MR) is 94.5 cm³/mol. The zero-order valence-corrected chi connectivity index (χ0v) is 15.3. The highest BCUT2D eigenvalue weighted by Gasteiger charge is 2.18. The van der Waals surface area contributed by atoms with Gasteiger partial charge in [0.15, 0.2) is 23.6 Å². The number of carbonyl (C=O) groups excluding carboxylic acids is 2. The summed E-state index contributed by atoms with van der Waals surface area (Å²) in [7, 11) is 0. The third-order valence-corrected chi connectivity index (χ3v) is 4.04. The highest BCUT2D eigenvalue weighted by molar-refractivity contribution is 6.42. The van der Waals surface area contributed by atoms with Gasteiger partial charge in [-0.3, -0.25) is 9.59 Å². The Labute approximate surface area is 162 Å². The third-order valence-electron chi connectivity index (χ3n) is 3.31. The molecule has 1 unspecified atom stereocenters. The quantitative estimate of drug-likeness (QED) is 0.695. The molecule has 10 heteroatoms. The van der Waals surface area contributed by atoms with Crippen LogP contribution in [0.5, 0.6) is 5.75 Å². The van der Waals surface area contributed by atoms with Crippen molar-refractivity contribution < 1.29 is 27.5 Å². The first-order valence-electron chi connectivity index (χ1n) is 7.51. The van der Waals surface area contributed by atoms with Crippen LogP contribution in [0.3, 0.4) is 0 Å². The van der Waals surface area contributed by atoms with Crippen LogP contribution in [-0.4, -0.2) is 24.5 Å². The first-order valence-corrected chi connectivity index (χ1v) is 8.27. The summed E-state index contributed by atoms with van der Waals surface area (Å²) in [5, 5.41) is 4.86. The molecule has 0 aliphatic carbocycles. The highest BCUT2D eigenvalue weighted by atomic mass is 35.5. The Bertz CT molecular complexity index is 881. The van der Waals surface area contributed by atoms with E-state index in [2.05, 4.69) is 5.32 Å². The second-order valence-electron chi connectivity index (χ2n) is 5.32. The molecule has 5 nitrogen and oxygen atoms in total. The molecule has 0 aliphatic heterocycles. The minimum absolute atomic E-state index is 0.245. The minimum Gasteiger partial charge on any atom is -0.481 e. The van der Waals surface area contributed by atoms with Gasteiger partial charge in [-0.25, -0.2) is 13.2 Å². The number of anilines is 1. The van der Waals surface area contributed by atoms with Crippen LogP contribution < -0.4 is 15.4 Å². The van der Waals surface area contributed by atoms with Gasteiger partial charge < -0.3 is 15.4 Å². The third kappa shape index (κ3) is 5.51. The fraction of sp³-hybridized carbons (Fsp3) is 0.176. The van der Waals surface area contributed by atoms with Gasteiger partial charge in [-0.1, -0.05) is 23.2 Å². The Hall–Kier alpha value is -2.45. The van der Waals surface area contributed by atoms with Gasteiger partial charge in [0.2, 0.25) is 5.91 Å². The van der Waals surface area contributed by atoms with Crippen LogP contribution >= 0.6 is 23.2 Å². The van der Waals surface area contributed by atoms with Crippen LogP contribution in [0, 0.1) is 17.5 Å². The van der Waals surface area contributed by atoms with Crippen LogP contribution in [0.1, 0.15) is 6.92 Å². The molecule has 2 aromatic carbocycles. The van der Waals surface area contributed by atoms with Crippen molar-refractivity contribution in [2.24, 2.45) is 0 Å². The van der Waals surface area contributed by atoms with Crippen molar-refractivity contribution in [1.29, 1.82) is 0 Å². The Morgan fingerprint density at radius 2 is 1.78 bits per heavy atom. The second-order valence-corrected chi connectivity index (χ2v) is 6.14. The smallest absolute Gasteiger partial charge is 0.261 e. The van der Waals surface area contributed by atoms with Crippen molar-refractivity contribution in [3.63, 3.8) is 0 Å². The summed E-state index contributed by atoms with van der Waals surface area (Å²) in [6.45, 7) is 0.900. The van der Waals surface area contributed by atoms with Gasteiger partial charge in [0.05, 0.1) is 22.3 Å². The van der Waals surface area contributed by atoms with E-state index in [0.29, 0.717) is 16.8 Å². The molecule has 0 heterocycles. The van der Waals surface area contributed by atoms with Gasteiger partial charge >= 0.3 is 0 Å². The van der Waals surface area contributed by atoms with E-state index in [1.54, 1.807) is 0 Å². The molecule has 27 heavy (non-hydrogen) atoms. The zero-order valence-electron chi connectivity index (χ0n) is 13.8. The Balaban J connectivity index is 1.88. The molecular formula is C17H13Cl2F3N2O3. The average Bonchev–Trinajstić information content (AvgIpc) is 2.63. The molecule has 2 rings (SSSR count). The molecule has 0 saturated carbocycles. The van der Waals surface area contributed by atoms with Crippen molar-refractivity contribution in [2.75, 3.05) is 11.9 Å². The summed E-state index contributed by atoms with van der Waals surface area (Å²) >= 11 is 11.6. The molecule has 0 aliphatic rings. The van der Waals surface area contributed by atoms with Crippen molar-refractivity contribution in [3.05, 3.63) is 57.8 Å². The SMILES string of the molecule is CC(Oc1ccc(Cl)c(Cl)c1)C(=O)NCC(=O)Nc1ccc(F)c(F)c1F. The molecule has 0 radical (unpaired) electrons. The Morgan fingerprint density at radius 1 is 1.07 bits per heavy atom. The van der Waals surface area contributed by atoms with Crippen LogP contribution in [0.4, 0.5) is 18.9 Å². The number of hydrogen-bond acceptors (Lipinski definition) is 3. The van der Waals surface area contributed by atoms with Crippen molar-refractivity contribution in [3.8, 4) is 5.75 Å². The van der Waals surface area contributed by atoms with Crippen LogP contribution in [0.25, 0.3) is 0 Å². The van der Waals surface area contributed by atoms with Crippen LogP contribution in [-0.2, 0) is 9.59 Å². The fourth-order valence-corrected chi connectivity index (χ4v) is 2.22. The van der Waals surface area contributed by atoms with Crippen molar-refractivity contribution in [1.82, 2.24) is 5.32 Å². The van der Waals surface area contributed by atoms with Crippen LogP contribution in [0.15, 0.2) is 30.3 Å². The van der Waals surface area contributed by atoms with E-state index >= 15 is 0 Å². The number of halogens is 5. The van der Waals surface area contributed by atoms with Gasteiger partial charge in [-0.15, -0.1) is 0 Å². The highest BCUT2D eigenvalue weighted by Crippen LogP contribution is 2.26. The average molecular weight is 421 g/mol. The number of rotatable bonds is 6. The molecule has 0 fully saturated rings. The first-order chi connectivity index (χ1) is 12.7. The lowest BCUT2D eigenvalue weighted by atomic mass is 10.2. The van der Waals surface area contributed by atoms with Crippen molar-refractivity contribution in [2.45, 2.75) is 13.0 Å². The minimum atomic E-state index is -1.71. The Kier molecular flexibility index (Phi) is 6.92. The van der Waals surface area contributed by atoms with E-state index in [1.165, 1.54) is 25.1 Å². The zero-order chi connectivity index (χ0) is 20.1. The molecule has 0 aromatic heterocycles. The lowest BCUT2D eigenvalue weighted by molar-refractivity contribution is -0.129. The lowest BCUT2D eigenvalue weighted by Gasteiger charge is -2.15. The topological polar surface area (TPSA) is 67.4 Å². The van der Waals surface area contributed by atoms with Gasteiger partial charge in [0, 0.05) is 6.07 Å². The number of carbonyl (C=O) groups is 2. The summed E-state index contributed by atoms with van der Waals surface area (Å²) in [6.07, 6.45) is -0.977. The summed E-state index contributed by atoms with van der Waals surface area (Å²) in [5.74, 6) is -5.81. The number of benzene rings is 2. The summed E-state index contributed by atoms with van der Waals surface area (Å²) in [4.78, 5) is 23.7. The standard InChI is InChI=1S/C17H13Cl2F3N2O3/c1-8(27-9-2-3-10(18)11(19)6-9)17(26)23-7-14(25)24-13-5-4-12(20)15(21)16(13)22/h2-6,8H,7H2,1H3,(H,23,26)(H,24,25). The predicted octanol–water partition coefficient (Wildman–Crippen LogP) is 3.93. The maximum atomic E-state index is 13.5. The molecule has 0 saturated heterocycles. The number of nitrogens with one attached hydrogen (secondary N) is 2. The van der Waals surface area contributed by atoms with Gasteiger partial charge in [-0.05, 0) is 31.2 Å². The van der Waals surface area contributed by atoms with E-state index in [0.717, 1.165) is 6.07 Å². The van der Waals surface area contributed by atoms with Crippen molar-refractivity contribution >= 4 is 40.7 Å². The molecule has 144 valence electrons. The monoisotopic (exact) mass is 420 g/mol.